The van der Waals surface area contributed by atoms with Gasteiger partial charge in [-0.05, 0) is 18.9 Å². The van der Waals surface area contributed by atoms with Gasteiger partial charge in [-0.15, -0.1) is 0 Å². The first-order valence-electron chi connectivity index (χ1n) is 6.22. The minimum Gasteiger partial charge on any atom is -0.493 e. The van der Waals surface area contributed by atoms with Crippen LogP contribution < -0.4 is 16.2 Å². The highest BCUT2D eigenvalue weighted by atomic mass is 16.5. The molecule has 0 radical (unpaired) electrons. The molecule has 4 N–H and O–H groups in total. The summed E-state index contributed by atoms with van der Waals surface area (Å²) in [6, 6.07) is 5.19. The topological polar surface area (TPSA) is 81.6 Å². The maximum Gasteiger partial charge on any atom is 0.222 e. The van der Waals surface area contributed by atoms with Gasteiger partial charge in [0.1, 0.15) is 5.75 Å². The largest absolute Gasteiger partial charge is 0.493 e. The molecule has 18 heavy (non-hydrogen) atoms. The Morgan fingerprint density at radius 1 is 1.22 bits per heavy atom. The number of rotatable bonds is 5. The number of nitrogens with two attached hydrogens (primary N) is 2. The van der Waals surface area contributed by atoms with Crippen LogP contribution in [0.5, 0.6) is 5.75 Å². The fraction of sp³-hybridized carbons (Fsp3) is 0.462. The third-order valence-electron chi connectivity index (χ3n) is 2.96. The molecule has 0 aliphatic carbocycles. The van der Waals surface area contributed by atoms with Gasteiger partial charge < -0.3 is 21.1 Å². The van der Waals surface area contributed by atoms with Crippen LogP contribution in [0, 0.1) is 0 Å². The molecule has 5 heteroatoms. The fourth-order valence-electron chi connectivity index (χ4n) is 2.12. The molecule has 1 aromatic carbocycles. The summed E-state index contributed by atoms with van der Waals surface area (Å²) in [7, 11) is 0. The Hall–Kier alpha value is -1.91. The molecule has 5 nitrogen and oxygen atoms in total. The Morgan fingerprint density at radius 2 is 1.94 bits per heavy atom. The Kier molecular flexibility index (Phi) is 3.92. The van der Waals surface area contributed by atoms with Crippen molar-refractivity contribution in [2.45, 2.75) is 19.3 Å². The number of hydrogen-bond donors (Lipinski definition) is 2. The van der Waals surface area contributed by atoms with E-state index in [4.69, 9.17) is 16.2 Å². The zero-order valence-corrected chi connectivity index (χ0v) is 10.4. The molecule has 0 bridgehead atoms. The van der Waals surface area contributed by atoms with Gasteiger partial charge in [0.25, 0.3) is 0 Å². The second kappa shape index (κ2) is 5.62. The molecule has 0 saturated carbocycles. The first kappa shape index (κ1) is 12.5. The smallest absolute Gasteiger partial charge is 0.222 e. The number of carbonyl (C=O) groups is 1. The molecule has 1 aromatic rings. The van der Waals surface area contributed by atoms with E-state index in [9.17, 15) is 4.79 Å². The third-order valence-corrected chi connectivity index (χ3v) is 2.96. The number of hydrogen-bond acceptors (Lipinski definition) is 4. The molecular formula is C13H19N3O2. The lowest BCUT2D eigenvalue weighted by Gasteiger charge is -2.15. The highest BCUT2D eigenvalue weighted by Crippen LogP contribution is 2.20. The molecule has 0 aromatic heterocycles. The minimum absolute atomic E-state index is 0.253. The summed E-state index contributed by atoms with van der Waals surface area (Å²) in [5.41, 5.74) is 12.5. The van der Waals surface area contributed by atoms with Gasteiger partial charge in [-0.2, -0.15) is 0 Å². The summed E-state index contributed by atoms with van der Waals surface area (Å²) >= 11 is 0. The number of amides is 1. The van der Waals surface area contributed by atoms with E-state index in [1.807, 2.05) is 4.90 Å². The molecule has 0 unspecified atom stereocenters. The van der Waals surface area contributed by atoms with Crippen LogP contribution in [0.3, 0.4) is 0 Å². The summed E-state index contributed by atoms with van der Waals surface area (Å²) in [6.45, 7) is 2.20. The molecule has 1 heterocycles. The summed E-state index contributed by atoms with van der Waals surface area (Å²) in [5.74, 6) is 0.934. The number of ether oxygens (including phenoxy) is 1. The lowest BCUT2D eigenvalue weighted by atomic mass is 10.2. The number of anilines is 2. The molecule has 1 amide bonds. The van der Waals surface area contributed by atoms with Crippen molar-refractivity contribution in [2.24, 2.45) is 0 Å². The van der Waals surface area contributed by atoms with Crippen molar-refractivity contribution < 1.29 is 9.53 Å². The van der Waals surface area contributed by atoms with E-state index >= 15 is 0 Å². The summed E-state index contributed by atoms with van der Waals surface area (Å²) in [5, 5.41) is 0. The Balaban J connectivity index is 1.73. The van der Waals surface area contributed by atoms with E-state index in [0.717, 1.165) is 25.9 Å². The highest BCUT2D eigenvalue weighted by molar-refractivity contribution is 5.77. The average molecular weight is 249 g/mol. The average Bonchev–Trinajstić information content (AvgIpc) is 2.69. The van der Waals surface area contributed by atoms with E-state index in [2.05, 4.69) is 0 Å². The lowest BCUT2D eigenvalue weighted by Crippen LogP contribution is -2.26. The maximum absolute atomic E-state index is 11.4. The van der Waals surface area contributed by atoms with Gasteiger partial charge in [0.15, 0.2) is 0 Å². The molecule has 0 atom stereocenters. The van der Waals surface area contributed by atoms with Crippen molar-refractivity contribution in [1.29, 1.82) is 0 Å². The summed E-state index contributed by atoms with van der Waals surface area (Å²) < 4.78 is 5.56. The number of nitrogen functional groups attached to an aromatic ring is 2. The minimum atomic E-state index is 0.253. The van der Waals surface area contributed by atoms with E-state index in [0.29, 0.717) is 30.2 Å². The molecule has 1 aliphatic heterocycles. The van der Waals surface area contributed by atoms with Crippen LogP contribution in [-0.2, 0) is 4.79 Å². The fourth-order valence-corrected chi connectivity index (χ4v) is 2.12. The molecule has 0 spiro atoms. The van der Waals surface area contributed by atoms with Crippen LogP contribution in [0.25, 0.3) is 0 Å². The third kappa shape index (κ3) is 3.29. The zero-order chi connectivity index (χ0) is 13.0. The number of nitrogens with zero attached hydrogens (tertiary/aromatic N) is 1. The van der Waals surface area contributed by atoms with Crippen molar-refractivity contribution in [3.8, 4) is 5.75 Å². The van der Waals surface area contributed by atoms with Crippen molar-refractivity contribution in [3.63, 3.8) is 0 Å². The highest BCUT2D eigenvalue weighted by Gasteiger charge is 2.18. The van der Waals surface area contributed by atoms with Crippen LogP contribution >= 0.6 is 0 Å². The van der Waals surface area contributed by atoms with Gasteiger partial charge in [0.05, 0.1) is 6.61 Å². The Bertz CT molecular complexity index is 414. The first-order chi connectivity index (χ1) is 8.65. The van der Waals surface area contributed by atoms with Crippen molar-refractivity contribution in [1.82, 2.24) is 4.90 Å². The van der Waals surface area contributed by atoms with Crippen LogP contribution in [-0.4, -0.2) is 30.5 Å². The normalized spacial score (nSPS) is 15.1. The van der Waals surface area contributed by atoms with Crippen LogP contribution in [0.1, 0.15) is 19.3 Å². The number of likely N-dealkylation sites (tertiary alicyclic amines) is 1. The number of benzene rings is 1. The van der Waals surface area contributed by atoms with E-state index in [1.165, 1.54) is 0 Å². The Morgan fingerprint density at radius 3 is 2.56 bits per heavy atom. The van der Waals surface area contributed by atoms with Crippen molar-refractivity contribution in [3.05, 3.63) is 18.2 Å². The van der Waals surface area contributed by atoms with Crippen LogP contribution in [0.2, 0.25) is 0 Å². The molecule has 1 fully saturated rings. The van der Waals surface area contributed by atoms with Gasteiger partial charge >= 0.3 is 0 Å². The van der Waals surface area contributed by atoms with Gasteiger partial charge in [0.2, 0.25) is 5.91 Å². The quantitative estimate of drug-likeness (QED) is 0.607. The van der Waals surface area contributed by atoms with Gasteiger partial charge in [-0.1, -0.05) is 0 Å². The summed E-state index contributed by atoms with van der Waals surface area (Å²) in [6.07, 6.45) is 2.48. The monoisotopic (exact) mass is 249 g/mol. The van der Waals surface area contributed by atoms with E-state index < -0.39 is 0 Å². The van der Waals surface area contributed by atoms with E-state index in [-0.39, 0.29) is 5.91 Å². The Labute approximate surface area is 107 Å². The first-order valence-corrected chi connectivity index (χ1v) is 6.22. The van der Waals surface area contributed by atoms with Crippen LogP contribution in [0.4, 0.5) is 11.4 Å². The van der Waals surface area contributed by atoms with E-state index in [1.54, 1.807) is 18.2 Å². The van der Waals surface area contributed by atoms with Crippen LogP contribution in [0.15, 0.2) is 18.2 Å². The van der Waals surface area contributed by atoms with Gasteiger partial charge in [0, 0.05) is 43.0 Å². The lowest BCUT2D eigenvalue weighted by molar-refractivity contribution is -0.127. The molecular weight excluding hydrogens is 230 g/mol. The summed E-state index contributed by atoms with van der Waals surface area (Å²) in [4.78, 5) is 13.3. The second-order valence-corrected chi connectivity index (χ2v) is 4.52. The van der Waals surface area contributed by atoms with Gasteiger partial charge in [-0.3, -0.25) is 4.79 Å². The molecule has 2 rings (SSSR count). The van der Waals surface area contributed by atoms with Crippen molar-refractivity contribution >= 4 is 17.3 Å². The maximum atomic E-state index is 11.4. The number of carbonyl (C=O) groups excluding carboxylic acids is 1. The molecule has 98 valence electrons. The molecule has 1 aliphatic rings. The second-order valence-electron chi connectivity index (χ2n) is 4.52. The predicted octanol–water partition coefficient (Wildman–Crippen LogP) is 1.24. The van der Waals surface area contributed by atoms with Crippen molar-refractivity contribution in [2.75, 3.05) is 31.2 Å². The zero-order valence-electron chi connectivity index (χ0n) is 10.4. The predicted molar refractivity (Wildman–Crippen MR) is 71.2 cm³/mol. The SMILES string of the molecule is Nc1cc(N)cc(OCCCN2CCCC2=O)c1. The van der Waals surface area contributed by atoms with Gasteiger partial charge in [-0.25, -0.2) is 0 Å². The molecule has 1 saturated heterocycles. The standard InChI is InChI=1S/C13H19N3O2/c14-10-7-11(15)9-12(8-10)18-6-2-5-16-4-1-3-13(16)17/h7-9H,1-6,14-15H2.